The second kappa shape index (κ2) is 10.4. The van der Waals surface area contributed by atoms with E-state index in [1.54, 1.807) is 53.4 Å². The summed E-state index contributed by atoms with van der Waals surface area (Å²) in [7, 11) is 1.83. The summed E-state index contributed by atoms with van der Waals surface area (Å²) in [6.45, 7) is 9.39. The van der Waals surface area contributed by atoms with Crippen molar-refractivity contribution in [1.29, 1.82) is 0 Å². The largest absolute Gasteiger partial charge is 0.508 e. The van der Waals surface area contributed by atoms with E-state index in [1.165, 1.54) is 11.0 Å². The number of phenols is 1. The number of anilines is 2. The molecule has 0 saturated carbocycles. The average molecular weight is 396 g/mol. The van der Waals surface area contributed by atoms with E-state index in [0.29, 0.717) is 36.6 Å². The number of hydrogen-bond acceptors (Lipinski definition) is 4. The van der Waals surface area contributed by atoms with Gasteiger partial charge in [0, 0.05) is 25.7 Å². The molecule has 0 bridgehead atoms. The molecule has 2 aromatic rings. The molecule has 2 amide bonds. The van der Waals surface area contributed by atoms with E-state index in [9.17, 15) is 14.7 Å². The molecule has 1 N–H and O–H groups in total. The van der Waals surface area contributed by atoms with Gasteiger partial charge in [-0.05, 0) is 45.2 Å². The molecule has 0 aromatic heterocycles. The van der Waals surface area contributed by atoms with E-state index in [1.807, 2.05) is 25.8 Å². The zero-order valence-electron chi connectivity index (χ0n) is 17.3. The molecular weight excluding hydrogens is 366 g/mol. The van der Waals surface area contributed by atoms with Crippen molar-refractivity contribution in [3.8, 4) is 5.75 Å². The Balaban J connectivity index is 2.56. The molecule has 2 aromatic carbocycles. The van der Waals surface area contributed by atoms with Gasteiger partial charge < -0.3 is 10.0 Å². The van der Waals surface area contributed by atoms with E-state index >= 15 is 0 Å². The molecule has 0 unspecified atom stereocenters. The van der Waals surface area contributed by atoms with Gasteiger partial charge in [-0.25, -0.2) is 0 Å². The van der Waals surface area contributed by atoms with E-state index in [0.717, 1.165) is 0 Å². The van der Waals surface area contributed by atoms with Crippen LogP contribution in [-0.4, -0.2) is 59.9 Å². The highest BCUT2D eigenvalue weighted by atomic mass is 16.3. The number of rotatable bonds is 9. The monoisotopic (exact) mass is 395 g/mol. The summed E-state index contributed by atoms with van der Waals surface area (Å²) in [6.07, 6.45) is 1.73. The highest BCUT2D eigenvalue weighted by molar-refractivity contribution is 6.08. The molecule has 0 aliphatic heterocycles. The number of benzene rings is 2. The van der Waals surface area contributed by atoms with Gasteiger partial charge in [0.1, 0.15) is 5.75 Å². The molecule has 0 heterocycles. The molecule has 0 fully saturated rings. The van der Waals surface area contributed by atoms with Gasteiger partial charge in [0.25, 0.3) is 5.91 Å². The number of nitrogens with zero attached hydrogens (tertiary/aromatic N) is 3. The number of hydrogen-bond donors (Lipinski definition) is 1. The fourth-order valence-electron chi connectivity index (χ4n) is 3.17. The number of para-hydroxylation sites is 1. The molecule has 0 atom stereocenters. The Morgan fingerprint density at radius 3 is 2.38 bits per heavy atom. The zero-order valence-corrected chi connectivity index (χ0v) is 17.3. The van der Waals surface area contributed by atoms with Crippen LogP contribution < -0.4 is 4.90 Å². The van der Waals surface area contributed by atoms with Crippen LogP contribution in [0.15, 0.2) is 61.2 Å². The molecule has 2 rings (SSSR count). The zero-order chi connectivity index (χ0) is 21.4. The van der Waals surface area contributed by atoms with Gasteiger partial charge in [0.2, 0.25) is 5.91 Å². The normalized spacial score (nSPS) is 10.6. The molecule has 6 nitrogen and oxygen atoms in total. The van der Waals surface area contributed by atoms with E-state index in [2.05, 4.69) is 6.58 Å². The lowest BCUT2D eigenvalue weighted by atomic mass is 10.1. The van der Waals surface area contributed by atoms with Crippen LogP contribution in [0.1, 0.15) is 24.2 Å². The first kappa shape index (κ1) is 22.2. The molecule has 0 aliphatic carbocycles. The maximum absolute atomic E-state index is 13.3. The van der Waals surface area contributed by atoms with Crippen molar-refractivity contribution >= 4 is 23.2 Å². The number of phenolic OH excluding ortho intramolecular Hbond substituents is 1. The fourth-order valence-corrected chi connectivity index (χ4v) is 3.17. The second-order valence-electron chi connectivity index (χ2n) is 6.73. The smallest absolute Gasteiger partial charge is 0.255 e. The van der Waals surface area contributed by atoms with Crippen LogP contribution in [0.4, 0.5) is 11.4 Å². The first-order valence-electron chi connectivity index (χ1n) is 9.72. The van der Waals surface area contributed by atoms with Crippen LogP contribution in [0.2, 0.25) is 0 Å². The van der Waals surface area contributed by atoms with Crippen molar-refractivity contribution < 1.29 is 14.7 Å². The molecule has 0 saturated heterocycles. The summed E-state index contributed by atoms with van der Waals surface area (Å²) in [5.74, 6) is -0.296. The maximum Gasteiger partial charge on any atom is 0.255 e. The van der Waals surface area contributed by atoms with Crippen molar-refractivity contribution in [3.63, 3.8) is 0 Å². The number of carbonyl (C=O) groups excluding carboxylic acids is 2. The Bertz CT molecular complexity index is 862. The number of likely N-dealkylation sites (N-methyl/N-ethyl adjacent to an activating group) is 1. The second-order valence-corrected chi connectivity index (χ2v) is 6.73. The molecule has 0 spiro atoms. The predicted molar refractivity (Wildman–Crippen MR) is 117 cm³/mol. The fraction of sp³-hybridized carbons (Fsp3) is 0.304. The van der Waals surface area contributed by atoms with Gasteiger partial charge in [-0.2, -0.15) is 0 Å². The minimum atomic E-state index is -0.209. The molecule has 0 radical (unpaired) electrons. The third-order valence-corrected chi connectivity index (χ3v) is 4.61. The van der Waals surface area contributed by atoms with Crippen LogP contribution in [0.3, 0.4) is 0 Å². The molecule has 29 heavy (non-hydrogen) atoms. The Kier molecular flexibility index (Phi) is 7.98. The Hall–Kier alpha value is -3.12. The van der Waals surface area contributed by atoms with Gasteiger partial charge in [-0.15, -0.1) is 6.58 Å². The topological polar surface area (TPSA) is 64.1 Å². The molecule has 6 heteroatoms. The lowest BCUT2D eigenvalue weighted by Crippen LogP contribution is -2.38. The first-order chi connectivity index (χ1) is 13.9. The SMILES string of the molecule is C=CCN(C)CC(=O)N(c1cccc(O)c1)c1ccccc1C(=O)N(CC)CC. The van der Waals surface area contributed by atoms with Crippen molar-refractivity contribution in [2.45, 2.75) is 13.8 Å². The molecule has 154 valence electrons. The van der Waals surface area contributed by atoms with Crippen LogP contribution >= 0.6 is 0 Å². The summed E-state index contributed by atoms with van der Waals surface area (Å²) in [4.78, 5) is 31.4. The van der Waals surface area contributed by atoms with E-state index in [4.69, 9.17) is 0 Å². The first-order valence-corrected chi connectivity index (χ1v) is 9.72. The molecular formula is C23H29N3O3. The standard InChI is InChI=1S/C23H29N3O3/c1-5-15-24(4)17-22(28)26(18-11-10-12-19(27)16-18)21-14-9-8-13-20(21)23(29)25(6-2)7-3/h5,8-14,16,27H,1,6-7,15,17H2,2-4H3. The molecule has 0 aliphatic rings. The Morgan fingerprint density at radius 1 is 1.07 bits per heavy atom. The number of carbonyl (C=O) groups is 2. The van der Waals surface area contributed by atoms with Crippen molar-refractivity contribution in [2.24, 2.45) is 0 Å². The summed E-state index contributed by atoms with van der Waals surface area (Å²) in [5, 5.41) is 9.96. The summed E-state index contributed by atoms with van der Waals surface area (Å²) < 4.78 is 0. The average Bonchev–Trinajstić information content (AvgIpc) is 2.69. The lowest BCUT2D eigenvalue weighted by Gasteiger charge is -2.28. The summed E-state index contributed by atoms with van der Waals surface area (Å²) in [5.41, 5.74) is 1.44. The van der Waals surface area contributed by atoms with Crippen LogP contribution in [0.5, 0.6) is 5.75 Å². The van der Waals surface area contributed by atoms with Gasteiger partial charge in [0.05, 0.1) is 23.5 Å². The summed E-state index contributed by atoms with van der Waals surface area (Å²) >= 11 is 0. The maximum atomic E-state index is 13.3. The van der Waals surface area contributed by atoms with Gasteiger partial charge in [-0.1, -0.05) is 24.3 Å². The van der Waals surface area contributed by atoms with Crippen molar-refractivity contribution in [1.82, 2.24) is 9.80 Å². The van der Waals surface area contributed by atoms with Gasteiger partial charge in [0.15, 0.2) is 0 Å². The van der Waals surface area contributed by atoms with Gasteiger partial charge in [-0.3, -0.25) is 19.4 Å². The minimum absolute atomic E-state index is 0.0484. The van der Waals surface area contributed by atoms with E-state index in [-0.39, 0.29) is 24.1 Å². The third kappa shape index (κ3) is 5.45. The van der Waals surface area contributed by atoms with Crippen molar-refractivity contribution in [3.05, 3.63) is 66.7 Å². The highest BCUT2D eigenvalue weighted by Crippen LogP contribution is 2.31. The number of aromatic hydroxyl groups is 1. The lowest BCUT2D eigenvalue weighted by molar-refractivity contribution is -0.118. The van der Waals surface area contributed by atoms with Crippen LogP contribution in [0.25, 0.3) is 0 Å². The Morgan fingerprint density at radius 2 is 1.76 bits per heavy atom. The van der Waals surface area contributed by atoms with Crippen LogP contribution in [-0.2, 0) is 4.79 Å². The van der Waals surface area contributed by atoms with E-state index < -0.39 is 0 Å². The number of amides is 2. The minimum Gasteiger partial charge on any atom is -0.508 e. The van der Waals surface area contributed by atoms with Gasteiger partial charge >= 0.3 is 0 Å². The highest BCUT2D eigenvalue weighted by Gasteiger charge is 2.25. The third-order valence-electron chi connectivity index (χ3n) is 4.61. The summed E-state index contributed by atoms with van der Waals surface area (Å²) in [6, 6.07) is 13.5. The van der Waals surface area contributed by atoms with Crippen molar-refractivity contribution in [2.75, 3.05) is 38.1 Å². The van der Waals surface area contributed by atoms with Crippen LogP contribution in [0, 0.1) is 0 Å². The quantitative estimate of drug-likeness (QED) is 0.658. The Labute approximate surface area is 172 Å². The predicted octanol–water partition coefficient (Wildman–Crippen LogP) is 3.66.